The van der Waals surface area contributed by atoms with Crippen molar-refractivity contribution in [3.63, 3.8) is 0 Å². The third kappa shape index (κ3) is 3.48. The number of carbonyl (C=O) groups is 1. The van der Waals surface area contributed by atoms with Crippen LogP contribution in [0.2, 0.25) is 5.02 Å². The van der Waals surface area contributed by atoms with Gasteiger partial charge in [-0.25, -0.2) is 26.3 Å². The van der Waals surface area contributed by atoms with E-state index >= 15 is 0 Å². The molecular weight excluding hydrogens is 355 g/mol. The fourth-order valence-corrected chi connectivity index (χ4v) is 2.84. The lowest BCUT2D eigenvalue weighted by molar-refractivity contribution is 0.0977. The van der Waals surface area contributed by atoms with E-state index in [2.05, 4.69) is 0 Å². The smallest absolute Gasteiger partial charge is 0.268 e. The molecule has 0 saturated heterocycles. The van der Waals surface area contributed by atoms with E-state index in [0.717, 1.165) is 12.1 Å². The van der Waals surface area contributed by atoms with E-state index in [9.17, 15) is 26.4 Å². The van der Waals surface area contributed by atoms with Crippen molar-refractivity contribution in [2.45, 2.75) is 11.8 Å². The van der Waals surface area contributed by atoms with Crippen LogP contribution in [0.5, 0.6) is 0 Å². The molecule has 0 aromatic heterocycles. The SMILES string of the molecule is Cc1ccc(C(=O)NS(=O)(=O)c2ccc(F)c(F)c2)c(F)c1Cl. The Kier molecular flexibility index (Phi) is 4.67. The number of halogens is 4. The average Bonchev–Trinajstić information content (AvgIpc) is 2.47. The van der Waals surface area contributed by atoms with Crippen molar-refractivity contribution >= 4 is 27.5 Å². The van der Waals surface area contributed by atoms with Gasteiger partial charge >= 0.3 is 0 Å². The zero-order chi connectivity index (χ0) is 17.4. The number of hydrogen-bond acceptors (Lipinski definition) is 3. The lowest BCUT2D eigenvalue weighted by Crippen LogP contribution is -2.31. The van der Waals surface area contributed by atoms with Crippen LogP contribution in [0.3, 0.4) is 0 Å². The van der Waals surface area contributed by atoms with Gasteiger partial charge < -0.3 is 0 Å². The fourth-order valence-electron chi connectivity index (χ4n) is 1.70. The molecule has 0 unspecified atom stereocenters. The first-order valence-corrected chi connectivity index (χ1v) is 7.96. The summed E-state index contributed by atoms with van der Waals surface area (Å²) in [5.41, 5.74) is -0.226. The van der Waals surface area contributed by atoms with Crippen LogP contribution in [0.15, 0.2) is 35.2 Å². The summed E-state index contributed by atoms with van der Waals surface area (Å²) in [7, 11) is -4.50. The zero-order valence-corrected chi connectivity index (χ0v) is 13.1. The van der Waals surface area contributed by atoms with Crippen molar-refractivity contribution in [3.05, 3.63) is 63.9 Å². The van der Waals surface area contributed by atoms with Crippen LogP contribution in [-0.4, -0.2) is 14.3 Å². The molecular formula is C14H9ClF3NO3S. The second-order valence-corrected chi connectivity index (χ2v) is 6.63. The maximum absolute atomic E-state index is 13.9. The minimum atomic E-state index is -4.50. The summed E-state index contributed by atoms with van der Waals surface area (Å²) in [5.74, 6) is -5.00. The Labute approximate surface area is 134 Å². The van der Waals surface area contributed by atoms with Gasteiger partial charge in [0.05, 0.1) is 15.5 Å². The molecule has 0 aliphatic heterocycles. The summed E-state index contributed by atoms with van der Waals surface area (Å²) in [6.07, 6.45) is 0. The Morgan fingerprint density at radius 2 is 1.74 bits per heavy atom. The molecule has 4 nitrogen and oxygen atoms in total. The summed E-state index contributed by atoms with van der Waals surface area (Å²) in [4.78, 5) is 11.2. The van der Waals surface area contributed by atoms with Gasteiger partial charge in [0.25, 0.3) is 15.9 Å². The second kappa shape index (κ2) is 6.21. The minimum Gasteiger partial charge on any atom is -0.268 e. The van der Waals surface area contributed by atoms with Gasteiger partial charge in [-0.05, 0) is 36.8 Å². The minimum absolute atomic E-state index is 0.317. The monoisotopic (exact) mass is 363 g/mol. The highest BCUT2D eigenvalue weighted by Crippen LogP contribution is 2.23. The molecule has 23 heavy (non-hydrogen) atoms. The Morgan fingerprint density at radius 3 is 2.35 bits per heavy atom. The van der Waals surface area contributed by atoms with Crippen LogP contribution in [0.25, 0.3) is 0 Å². The van der Waals surface area contributed by atoms with Crippen molar-refractivity contribution in [2.75, 3.05) is 0 Å². The molecule has 0 radical (unpaired) electrons. The summed E-state index contributed by atoms with van der Waals surface area (Å²) >= 11 is 5.66. The van der Waals surface area contributed by atoms with Crippen molar-refractivity contribution in [2.24, 2.45) is 0 Å². The van der Waals surface area contributed by atoms with E-state index in [1.165, 1.54) is 13.0 Å². The number of nitrogens with one attached hydrogen (secondary N) is 1. The maximum Gasteiger partial charge on any atom is 0.268 e. The largest absolute Gasteiger partial charge is 0.268 e. The number of amides is 1. The first-order valence-electron chi connectivity index (χ1n) is 6.10. The molecule has 122 valence electrons. The lowest BCUT2D eigenvalue weighted by Gasteiger charge is -2.09. The van der Waals surface area contributed by atoms with E-state index in [4.69, 9.17) is 11.6 Å². The average molecular weight is 364 g/mol. The molecule has 9 heteroatoms. The van der Waals surface area contributed by atoms with Gasteiger partial charge in [-0.3, -0.25) is 4.79 Å². The van der Waals surface area contributed by atoms with Crippen molar-refractivity contribution in [3.8, 4) is 0 Å². The normalized spacial score (nSPS) is 11.3. The van der Waals surface area contributed by atoms with Gasteiger partial charge in [0.2, 0.25) is 0 Å². The Hall–Kier alpha value is -2.06. The fraction of sp³-hybridized carbons (Fsp3) is 0.0714. The standard InChI is InChI=1S/C14H9ClF3NO3S/c1-7-2-4-9(13(18)12(7)15)14(20)19-23(21,22)8-3-5-10(16)11(17)6-8/h2-6H,1H3,(H,19,20). The number of rotatable bonds is 3. The Bertz CT molecular complexity index is 900. The predicted octanol–water partition coefficient (Wildman–Crippen LogP) is 3.18. The summed E-state index contributed by atoms with van der Waals surface area (Å²) in [6, 6.07) is 4.17. The van der Waals surface area contributed by atoms with Gasteiger partial charge in [-0.2, -0.15) is 0 Å². The molecule has 2 rings (SSSR count). The van der Waals surface area contributed by atoms with Crippen LogP contribution in [0.1, 0.15) is 15.9 Å². The highest BCUT2D eigenvalue weighted by Gasteiger charge is 2.23. The van der Waals surface area contributed by atoms with Gasteiger partial charge in [0.15, 0.2) is 17.5 Å². The van der Waals surface area contributed by atoms with Crippen molar-refractivity contribution < 1.29 is 26.4 Å². The first kappa shape index (κ1) is 17.3. The molecule has 1 amide bonds. The maximum atomic E-state index is 13.9. The summed E-state index contributed by atoms with van der Waals surface area (Å²) in [6.45, 7) is 1.51. The Balaban J connectivity index is 2.35. The molecule has 0 saturated carbocycles. The predicted molar refractivity (Wildman–Crippen MR) is 77.2 cm³/mol. The zero-order valence-electron chi connectivity index (χ0n) is 11.5. The van der Waals surface area contributed by atoms with Gasteiger partial charge in [-0.15, -0.1) is 0 Å². The lowest BCUT2D eigenvalue weighted by atomic mass is 10.1. The third-order valence-electron chi connectivity index (χ3n) is 2.95. The van der Waals surface area contributed by atoms with E-state index < -0.39 is 43.8 Å². The number of hydrogen-bond donors (Lipinski definition) is 1. The molecule has 1 N–H and O–H groups in total. The van der Waals surface area contributed by atoms with Crippen LogP contribution in [0, 0.1) is 24.4 Å². The van der Waals surface area contributed by atoms with Crippen LogP contribution < -0.4 is 4.72 Å². The molecule has 0 spiro atoms. The molecule has 0 bridgehead atoms. The molecule has 0 aliphatic carbocycles. The number of sulfonamides is 1. The number of carbonyl (C=O) groups excluding carboxylic acids is 1. The van der Waals surface area contributed by atoms with Crippen molar-refractivity contribution in [1.82, 2.24) is 4.72 Å². The van der Waals surface area contributed by atoms with Crippen LogP contribution >= 0.6 is 11.6 Å². The van der Waals surface area contributed by atoms with E-state index in [0.29, 0.717) is 17.7 Å². The third-order valence-corrected chi connectivity index (χ3v) is 4.74. The highest BCUT2D eigenvalue weighted by molar-refractivity contribution is 7.90. The first-order chi connectivity index (χ1) is 10.6. The highest BCUT2D eigenvalue weighted by atomic mass is 35.5. The topological polar surface area (TPSA) is 63.2 Å². The molecule has 0 fully saturated rings. The molecule has 0 aliphatic rings. The number of aryl methyl sites for hydroxylation is 1. The van der Waals surface area contributed by atoms with E-state index in [1.54, 1.807) is 4.72 Å². The van der Waals surface area contributed by atoms with Crippen LogP contribution in [0.4, 0.5) is 13.2 Å². The molecule has 0 atom stereocenters. The van der Waals surface area contributed by atoms with Crippen molar-refractivity contribution in [1.29, 1.82) is 0 Å². The van der Waals surface area contributed by atoms with Gasteiger partial charge in [0.1, 0.15) is 0 Å². The number of benzene rings is 2. The Morgan fingerprint density at radius 1 is 1.09 bits per heavy atom. The second-order valence-electron chi connectivity index (χ2n) is 4.57. The van der Waals surface area contributed by atoms with E-state index in [-0.39, 0.29) is 5.02 Å². The molecule has 0 heterocycles. The van der Waals surface area contributed by atoms with Crippen LogP contribution in [-0.2, 0) is 10.0 Å². The van der Waals surface area contributed by atoms with E-state index in [1.807, 2.05) is 0 Å². The summed E-state index contributed by atoms with van der Waals surface area (Å²) in [5, 5.41) is -0.317. The quantitative estimate of drug-likeness (QED) is 0.911. The van der Waals surface area contributed by atoms with Gasteiger partial charge in [0, 0.05) is 0 Å². The summed E-state index contributed by atoms with van der Waals surface area (Å²) < 4.78 is 65.3. The molecule has 2 aromatic carbocycles. The molecule has 2 aromatic rings. The van der Waals surface area contributed by atoms with Gasteiger partial charge in [-0.1, -0.05) is 17.7 Å².